The molecule has 1 aromatic rings. The van der Waals surface area contributed by atoms with Crippen molar-refractivity contribution in [2.75, 3.05) is 18.9 Å². The minimum atomic E-state index is -0.610. The Morgan fingerprint density at radius 1 is 1.58 bits per heavy atom. The first-order chi connectivity index (χ1) is 8.95. The fourth-order valence-corrected chi connectivity index (χ4v) is 1.53. The van der Waals surface area contributed by atoms with E-state index in [0.29, 0.717) is 18.9 Å². The number of nitrogen functional groups attached to an aromatic ring is 1. The van der Waals surface area contributed by atoms with E-state index in [0.717, 1.165) is 0 Å². The molecule has 0 fully saturated rings. The molecule has 1 amide bonds. The summed E-state index contributed by atoms with van der Waals surface area (Å²) in [5, 5.41) is 13.5. The molecule has 0 radical (unpaired) electrons. The van der Waals surface area contributed by atoms with Gasteiger partial charge in [0.15, 0.2) is 0 Å². The summed E-state index contributed by atoms with van der Waals surface area (Å²) in [4.78, 5) is 22.2. The Morgan fingerprint density at radius 3 is 2.84 bits per heavy atom. The number of nitro groups is 1. The topological polar surface area (TPSA) is 107 Å². The first-order valence-corrected chi connectivity index (χ1v) is 5.88. The molecule has 0 spiro atoms. The number of nitrogens with one attached hydrogen (secondary N) is 1. The minimum Gasteiger partial charge on any atom is -0.399 e. The lowest BCUT2D eigenvalue weighted by atomic mass is 10.1. The third kappa shape index (κ3) is 4.22. The maximum absolute atomic E-state index is 12.0. The molecule has 7 heteroatoms. The average molecular weight is 267 g/mol. The second-order valence-corrected chi connectivity index (χ2v) is 4.07. The largest absolute Gasteiger partial charge is 0.399 e. The van der Waals surface area contributed by atoms with Crippen LogP contribution in [0.25, 0.3) is 0 Å². The summed E-state index contributed by atoms with van der Waals surface area (Å²) in [5.41, 5.74) is 5.53. The minimum absolute atomic E-state index is 0.0478. The van der Waals surface area contributed by atoms with E-state index < -0.39 is 10.8 Å². The van der Waals surface area contributed by atoms with Gasteiger partial charge in [-0.05, 0) is 26.0 Å². The molecule has 104 valence electrons. The Bertz CT molecular complexity index is 476. The van der Waals surface area contributed by atoms with E-state index in [1.807, 2.05) is 6.92 Å². The SMILES string of the molecule is CCOCC(C)NC(=O)c1cc(N)ccc1[N+](=O)[O-]. The van der Waals surface area contributed by atoms with Gasteiger partial charge in [-0.25, -0.2) is 0 Å². The van der Waals surface area contributed by atoms with Crippen LogP contribution >= 0.6 is 0 Å². The Balaban J connectivity index is 2.86. The van der Waals surface area contributed by atoms with Crippen molar-refractivity contribution in [1.29, 1.82) is 0 Å². The fraction of sp³-hybridized carbons (Fsp3) is 0.417. The van der Waals surface area contributed by atoms with Crippen LogP contribution in [0.1, 0.15) is 24.2 Å². The lowest BCUT2D eigenvalue weighted by molar-refractivity contribution is -0.385. The van der Waals surface area contributed by atoms with Gasteiger partial charge in [0.25, 0.3) is 11.6 Å². The van der Waals surface area contributed by atoms with Crippen LogP contribution < -0.4 is 11.1 Å². The quantitative estimate of drug-likeness (QED) is 0.459. The standard InChI is InChI=1S/C12H17N3O4/c1-3-19-7-8(2)14-12(16)10-6-9(13)4-5-11(10)15(17)18/h4-6,8H,3,7,13H2,1-2H3,(H,14,16). The molecule has 1 unspecified atom stereocenters. The zero-order valence-corrected chi connectivity index (χ0v) is 10.9. The number of anilines is 1. The normalized spacial score (nSPS) is 11.9. The Kier molecular flexibility index (Phi) is 5.25. The number of nitrogens with two attached hydrogens (primary N) is 1. The number of amides is 1. The van der Waals surface area contributed by atoms with Crippen LogP contribution in [0.15, 0.2) is 18.2 Å². The van der Waals surface area contributed by atoms with Crippen LogP contribution in [0, 0.1) is 10.1 Å². The molecule has 0 heterocycles. The highest BCUT2D eigenvalue weighted by molar-refractivity contribution is 5.99. The molecular weight excluding hydrogens is 250 g/mol. The van der Waals surface area contributed by atoms with Gasteiger partial charge < -0.3 is 15.8 Å². The highest BCUT2D eigenvalue weighted by Crippen LogP contribution is 2.21. The predicted octanol–water partition coefficient (Wildman–Crippen LogP) is 1.33. The van der Waals surface area contributed by atoms with Gasteiger partial charge in [0.1, 0.15) is 5.56 Å². The molecule has 0 saturated heterocycles. The van der Waals surface area contributed by atoms with Crippen LogP contribution in [0.2, 0.25) is 0 Å². The van der Waals surface area contributed by atoms with E-state index >= 15 is 0 Å². The molecule has 0 aromatic heterocycles. The molecule has 19 heavy (non-hydrogen) atoms. The molecule has 1 rings (SSSR count). The van der Waals surface area contributed by atoms with Gasteiger partial charge in [-0.15, -0.1) is 0 Å². The number of nitro benzene ring substituents is 1. The molecule has 1 atom stereocenters. The first-order valence-electron chi connectivity index (χ1n) is 5.88. The summed E-state index contributed by atoms with van der Waals surface area (Å²) >= 11 is 0. The Labute approximate surface area is 110 Å². The van der Waals surface area contributed by atoms with Crippen molar-refractivity contribution < 1.29 is 14.5 Å². The molecule has 0 aliphatic carbocycles. The molecule has 0 bridgehead atoms. The van der Waals surface area contributed by atoms with E-state index in [2.05, 4.69) is 5.32 Å². The predicted molar refractivity (Wildman–Crippen MR) is 70.9 cm³/mol. The van der Waals surface area contributed by atoms with Crippen molar-refractivity contribution in [3.05, 3.63) is 33.9 Å². The third-order valence-corrected chi connectivity index (χ3v) is 2.41. The lowest BCUT2D eigenvalue weighted by Gasteiger charge is -2.13. The summed E-state index contributed by atoms with van der Waals surface area (Å²) in [6, 6.07) is 3.66. The van der Waals surface area contributed by atoms with Gasteiger partial charge in [0.2, 0.25) is 0 Å². The summed E-state index contributed by atoms with van der Waals surface area (Å²) in [5.74, 6) is -0.536. The van der Waals surface area contributed by atoms with Crippen LogP contribution in [-0.2, 0) is 4.74 Å². The maximum atomic E-state index is 12.0. The summed E-state index contributed by atoms with van der Waals surface area (Å²) in [6.07, 6.45) is 0. The summed E-state index contributed by atoms with van der Waals surface area (Å²) in [6.45, 7) is 4.49. The summed E-state index contributed by atoms with van der Waals surface area (Å²) < 4.78 is 5.16. The first kappa shape index (κ1) is 14.9. The molecule has 1 aromatic carbocycles. The number of nitrogens with zero attached hydrogens (tertiary/aromatic N) is 1. The van der Waals surface area contributed by atoms with Crippen LogP contribution in [0.5, 0.6) is 0 Å². The monoisotopic (exact) mass is 267 g/mol. The third-order valence-electron chi connectivity index (χ3n) is 2.41. The van der Waals surface area contributed by atoms with Gasteiger partial charge in [0, 0.05) is 24.4 Å². The van der Waals surface area contributed by atoms with E-state index in [-0.39, 0.29) is 17.3 Å². The second kappa shape index (κ2) is 6.69. The zero-order chi connectivity index (χ0) is 14.4. The van der Waals surface area contributed by atoms with Crippen molar-refractivity contribution in [2.45, 2.75) is 19.9 Å². The van der Waals surface area contributed by atoms with Crippen molar-refractivity contribution in [1.82, 2.24) is 5.32 Å². The smallest absolute Gasteiger partial charge is 0.282 e. The van der Waals surface area contributed by atoms with E-state index in [1.165, 1.54) is 18.2 Å². The number of hydrogen-bond acceptors (Lipinski definition) is 5. The lowest BCUT2D eigenvalue weighted by Crippen LogP contribution is -2.36. The number of benzene rings is 1. The summed E-state index contributed by atoms with van der Waals surface area (Å²) in [7, 11) is 0. The van der Waals surface area contributed by atoms with E-state index in [4.69, 9.17) is 10.5 Å². The van der Waals surface area contributed by atoms with Crippen molar-refractivity contribution >= 4 is 17.3 Å². The van der Waals surface area contributed by atoms with Gasteiger partial charge in [0.05, 0.1) is 11.5 Å². The molecule has 7 nitrogen and oxygen atoms in total. The highest BCUT2D eigenvalue weighted by atomic mass is 16.6. The van der Waals surface area contributed by atoms with Crippen LogP contribution in [0.3, 0.4) is 0 Å². The highest BCUT2D eigenvalue weighted by Gasteiger charge is 2.21. The Hall–Kier alpha value is -2.15. The number of ether oxygens (including phenoxy) is 1. The Morgan fingerprint density at radius 2 is 2.26 bits per heavy atom. The van der Waals surface area contributed by atoms with Gasteiger partial charge >= 0.3 is 0 Å². The van der Waals surface area contributed by atoms with Gasteiger partial charge in [-0.3, -0.25) is 14.9 Å². The van der Waals surface area contributed by atoms with Gasteiger partial charge in [-0.1, -0.05) is 0 Å². The van der Waals surface area contributed by atoms with Crippen LogP contribution in [0.4, 0.5) is 11.4 Å². The second-order valence-electron chi connectivity index (χ2n) is 4.07. The molecule has 0 aliphatic heterocycles. The van der Waals surface area contributed by atoms with Crippen molar-refractivity contribution in [3.63, 3.8) is 0 Å². The van der Waals surface area contributed by atoms with Crippen molar-refractivity contribution in [2.24, 2.45) is 0 Å². The number of rotatable bonds is 6. The number of hydrogen-bond donors (Lipinski definition) is 2. The average Bonchev–Trinajstić information content (AvgIpc) is 2.35. The molecule has 0 saturated carbocycles. The molecular formula is C12H17N3O4. The number of carbonyl (C=O) groups excluding carboxylic acids is 1. The van der Waals surface area contributed by atoms with Gasteiger partial charge in [-0.2, -0.15) is 0 Å². The molecule has 0 aliphatic rings. The maximum Gasteiger partial charge on any atom is 0.282 e. The zero-order valence-electron chi connectivity index (χ0n) is 10.9. The van der Waals surface area contributed by atoms with Crippen molar-refractivity contribution in [3.8, 4) is 0 Å². The molecule has 3 N–H and O–H groups in total. The fourth-order valence-electron chi connectivity index (χ4n) is 1.53. The number of carbonyl (C=O) groups is 1. The van der Waals surface area contributed by atoms with E-state index in [1.54, 1.807) is 6.92 Å². The van der Waals surface area contributed by atoms with E-state index in [9.17, 15) is 14.9 Å². The van der Waals surface area contributed by atoms with Crippen LogP contribution in [-0.4, -0.2) is 30.1 Å².